The van der Waals surface area contributed by atoms with Crippen molar-refractivity contribution in [2.24, 2.45) is 26.1 Å². The molecule has 0 unspecified atom stereocenters. The fraction of sp³-hybridized carbons (Fsp3) is 0.0938. The fourth-order valence-electron chi connectivity index (χ4n) is 4.43. The van der Waals surface area contributed by atoms with Gasteiger partial charge in [0.05, 0.1) is 5.71 Å². The van der Waals surface area contributed by atoms with E-state index in [1.54, 1.807) is 38.2 Å². The van der Waals surface area contributed by atoms with Crippen molar-refractivity contribution in [3.63, 3.8) is 0 Å². The summed E-state index contributed by atoms with van der Waals surface area (Å²) in [5, 5.41) is 27.3. The summed E-state index contributed by atoms with van der Waals surface area (Å²) in [6.07, 6.45) is 0.545. The maximum atomic E-state index is 11.5. The van der Waals surface area contributed by atoms with E-state index in [1.165, 1.54) is 15.9 Å². The summed E-state index contributed by atoms with van der Waals surface area (Å²) in [4.78, 5) is 11.5. The molecule has 0 fully saturated rings. The van der Waals surface area contributed by atoms with Crippen LogP contribution in [0.3, 0.4) is 0 Å². The molecule has 0 spiro atoms. The van der Waals surface area contributed by atoms with Crippen molar-refractivity contribution < 1.29 is 38.8 Å². The Kier molecular flexibility index (Phi) is 15.5. The van der Waals surface area contributed by atoms with Crippen LogP contribution in [0.5, 0.6) is 0 Å². The molecule has 4 aromatic rings. The van der Waals surface area contributed by atoms with Gasteiger partial charge >= 0.3 is 17.1 Å². The third kappa shape index (κ3) is 9.74. The second-order valence-electron chi connectivity index (χ2n) is 9.29. The smallest absolute Gasteiger partial charge is 1.00 e. The van der Waals surface area contributed by atoms with Crippen LogP contribution in [0.4, 0.5) is 0 Å². The van der Waals surface area contributed by atoms with Gasteiger partial charge in [0.15, 0.2) is 0 Å². The van der Waals surface area contributed by atoms with Crippen LogP contribution in [0.2, 0.25) is 0 Å². The molecule has 235 valence electrons. The second kappa shape index (κ2) is 18.5. The van der Waals surface area contributed by atoms with E-state index in [-0.39, 0.29) is 44.4 Å². The maximum absolute atomic E-state index is 11.5. The first-order valence-corrected chi connectivity index (χ1v) is 16.1. The van der Waals surface area contributed by atoms with Gasteiger partial charge in [0.25, 0.3) is 0 Å². The number of amides is 1. The van der Waals surface area contributed by atoms with Crippen molar-refractivity contribution in [3.8, 4) is 0 Å². The van der Waals surface area contributed by atoms with Crippen LogP contribution in [0.1, 0.15) is 22.8 Å². The van der Waals surface area contributed by atoms with E-state index in [0.29, 0.717) is 28.8 Å². The number of benzene rings is 4. The van der Waals surface area contributed by atoms with Crippen LogP contribution in [-0.2, 0) is 42.3 Å². The van der Waals surface area contributed by atoms with E-state index in [2.05, 4.69) is 104 Å². The summed E-state index contributed by atoms with van der Waals surface area (Å²) < 4.78 is 0. The second-order valence-corrected chi connectivity index (χ2v) is 13.5. The molecule has 0 saturated heterocycles. The normalized spacial score (nSPS) is 12.4. The quantitative estimate of drug-likeness (QED) is 0.0542. The van der Waals surface area contributed by atoms with Gasteiger partial charge in [-0.05, 0) is 60.6 Å². The molecule has 1 radical (unpaired) electrons. The van der Waals surface area contributed by atoms with E-state index in [4.69, 9.17) is 31.0 Å². The molecule has 4 N–H and O–H groups in total. The van der Waals surface area contributed by atoms with Crippen molar-refractivity contribution in [1.82, 2.24) is 10.6 Å². The first-order valence-electron chi connectivity index (χ1n) is 13.3. The zero-order valence-corrected chi connectivity index (χ0v) is 29.4. The number of rotatable bonds is 10. The van der Waals surface area contributed by atoms with Crippen molar-refractivity contribution in [2.45, 2.75) is 6.92 Å². The van der Waals surface area contributed by atoms with Crippen LogP contribution < -0.4 is 49.3 Å². The van der Waals surface area contributed by atoms with E-state index < -0.39 is 13.2 Å². The third-order valence-electron chi connectivity index (χ3n) is 6.59. The van der Waals surface area contributed by atoms with Gasteiger partial charge in [0, 0.05) is 23.3 Å². The Morgan fingerprint density at radius 2 is 1.11 bits per heavy atom. The van der Waals surface area contributed by atoms with Crippen LogP contribution in [0.15, 0.2) is 136 Å². The van der Waals surface area contributed by atoms with Gasteiger partial charge in [-0.25, -0.2) is 0 Å². The van der Waals surface area contributed by atoms with Crippen LogP contribution in [0, 0.1) is 0 Å². The van der Waals surface area contributed by atoms with Crippen LogP contribution in [-0.4, -0.2) is 41.0 Å². The Bertz CT molecular complexity index is 1560. The van der Waals surface area contributed by atoms with E-state index >= 15 is 0 Å². The van der Waals surface area contributed by atoms with Gasteiger partial charge in [0.2, 0.25) is 5.91 Å². The molecule has 45 heavy (non-hydrogen) atoms. The van der Waals surface area contributed by atoms with E-state index in [0.717, 1.165) is 0 Å². The Balaban J connectivity index is 0.00000353. The summed E-state index contributed by atoms with van der Waals surface area (Å²) in [6, 6.07) is 38.1. The zero-order chi connectivity index (χ0) is 30.7. The molecular weight excluding hydrogens is 737 g/mol. The molecule has 0 aliphatic carbocycles. The number of amidine groups is 2. The molecule has 0 aliphatic rings. The zero-order valence-electron chi connectivity index (χ0n) is 24.4. The first-order chi connectivity index (χ1) is 20.8. The minimum Gasteiger partial charge on any atom is -1.00 e. The van der Waals surface area contributed by atoms with Gasteiger partial charge in [-0.2, -0.15) is 15.3 Å². The van der Waals surface area contributed by atoms with Gasteiger partial charge < -0.3 is 58.6 Å². The summed E-state index contributed by atoms with van der Waals surface area (Å²) in [7, 11) is -0.506. The number of hydrogen-bond donors (Lipinski definition) is 3. The minimum absolute atomic E-state index is 0. The number of nitrogens with one attached hydrogen (secondary N) is 2. The number of nitrogens with two attached hydrogens (primary N) is 1. The third-order valence-corrected chi connectivity index (χ3v) is 11.3. The molecule has 0 heterocycles. The van der Waals surface area contributed by atoms with Crippen molar-refractivity contribution in [1.29, 1.82) is 0 Å². The number of nitrogens with zero attached hydrogens (tertiary/aromatic N) is 4. The molecule has 0 aliphatic heterocycles. The summed E-state index contributed by atoms with van der Waals surface area (Å²) in [5.41, 5.74) is 7.30. The number of halogens is 1. The van der Waals surface area contributed by atoms with E-state index in [9.17, 15) is 4.79 Å². The Morgan fingerprint density at radius 3 is 1.53 bits per heavy atom. The summed E-state index contributed by atoms with van der Waals surface area (Å²) in [6.45, 7) is 1.75. The molecule has 0 bridgehead atoms. The average molecular weight is 768 g/mol. The molecular formula is C32H31BrCuN7OPS2. The molecule has 0 saturated carbocycles. The van der Waals surface area contributed by atoms with Crippen LogP contribution >= 0.6 is 7.26 Å². The van der Waals surface area contributed by atoms with Gasteiger partial charge in [-0.1, -0.05) is 66.7 Å². The fourth-order valence-corrected chi connectivity index (χ4v) is 8.57. The maximum Gasteiger partial charge on any atom is 2.00 e. The molecule has 8 nitrogen and oxygen atoms in total. The number of carbonyl (C=O) groups is 1. The molecule has 4 aromatic carbocycles. The SMILES string of the molecule is CNC([S-])=NN=C(C(C)=NN=C([S-])NC[P+](c1ccccc1)(c1ccccc1)c1ccccc1)c1ccc(C(N)=O)cc1.[Br-].[Cu+2]. The predicted molar refractivity (Wildman–Crippen MR) is 186 cm³/mol. The van der Waals surface area contributed by atoms with Crippen molar-refractivity contribution >= 4 is 76.1 Å². The monoisotopic (exact) mass is 766 g/mol. The Hall–Kier alpha value is -3.50. The molecule has 4 rings (SSSR count). The summed E-state index contributed by atoms with van der Waals surface area (Å²) >= 11 is 10.8. The topological polar surface area (TPSA) is 117 Å². The molecule has 13 heteroatoms. The molecule has 0 aromatic heterocycles. The largest absolute Gasteiger partial charge is 2.00 e. The minimum atomic E-state index is -2.16. The molecule has 1 amide bonds. The Morgan fingerprint density at radius 1 is 0.689 bits per heavy atom. The Labute approximate surface area is 296 Å². The summed E-state index contributed by atoms with van der Waals surface area (Å²) in [5.74, 6) is -0.525. The standard InChI is InChI=1S/C32H32N7OPS2.BrH.Cu/c1-23(29(37-38-31(42)34-2)24-18-20-25(21-19-24)30(33)40)36-39-32(43)35-22-41(26-12-6-3-7-13-26,27-14-8-4-9-15-27)28-16-10-5-11-17-28;;/h3-21H,22H2,1-2H3,(H5-,33,34,35,36,37,38,39,40,42,43);1H;/q;;+2/p-2. The number of hydrogen-bond acceptors (Lipinski definition) is 7. The molecule has 0 atom stereocenters. The predicted octanol–water partition coefficient (Wildman–Crippen LogP) is 0.433. The van der Waals surface area contributed by atoms with Crippen molar-refractivity contribution in [3.05, 3.63) is 126 Å². The van der Waals surface area contributed by atoms with Gasteiger partial charge in [0.1, 0.15) is 35.2 Å². The number of primary amides is 1. The van der Waals surface area contributed by atoms with E-state index in [1.807, 2.05) is 18.2 Å². The van der Waals surface area contributed by atoms with Gasteiger partial charge in [-0.3, -0.25) is 4.79 Å². The van der Waals surface area contributed by atoms with Gasteiger partial charge in [-0.15, -0.1) is 5.10 Å². The average Bonchev–Trinajstić information content (AvgIpc) is 3.05. The first kappa shape index (κ1) is 37.7. The number of carbonyl (C=O) groups excluding carboxylic acids is 1. The van der Waals surface area contributed by atoms with Crippen molar-refractivity contribution in [2.75, 3.05) is 13.3 Å². The van der Waals surface area contributed by atoms with Crippen LogP contribution in [0.25, 0.3) is 0 Å².